The first kappa shape index (κ1) is 20.8. The van der Waals surface area contributed by atoms with Crippen molar-refractivity contribution in [1.29, 1.82) is 5.26 Å². The monoisotopic (exact) mass is 463 g/mol. The average molecular weight is 464 g/mol. The Kier molecular flexibility index (Phi) is 6.57. The lowest BCUT2D eigenvalue weighted by molar-refractivity contribution is -0.384. The molecule has 0 aliphatic rings. The maximum Gasteiger partial charge on any atom is 0.270 e. The van der Waals surface area contributed by atoms with Gasteiger partial charge in [0, 0.05) is 16.6 Å². The Bertz CT molecular complexity index is 1170. The van der Waals surface area contributed by atoms with Gasteiger partial charge in [0.15, 0.2) is 0 Å². The highest BCUT2D eigenvalue weighted by molar-refractivity contribution is 9.10. The fraction of sp³-hybridized carbons (Fsp3) is 0. The van der Waals surface area contributed by atoms with Crippen LogP contribution in [0.15, 0.2) is 82.8 Å². The average Bonchev–Trinajstić information content (AvgIpc) is 2.74. The maximum absolute atomic E-state index is 12.5. The van der Waals surface area contributed by atoms with Crippen molar-refractivity contribution in [3.63, 3.8) is 0 Å². The molecule has 0 radical (unpaired) electrons. The number of nitrogens with one attached hydrogen (secondary N) is 1. The van der Waals surface area contributed by atoms with E-state index in [0.717, 1.165) is 0 Å². The molecule has 0 aromatic heterocycles. The molecule has 0 saturated carbocycles. The molecule has 1 N–H and O–H groups in total. The van der Waals surface area contributed by atoms with Gasteiger partial charge in [0.2, 0.25) is 0 Å². The van der Waals surface area contributed by atoms with Crippen LogP contribution in [0, 0.1) is 21.4 Å². The first-order valence-corrected chi connectivity index (χ1v) is 9.45. The molecule has 0 spiro atoms. The van der Waals surface area contributed by atoms with E-state index in [1.807, 2.05) is 36.4 Å². The van der Waals surface area contributed by atoms with Crippen molar-refractivity contribution in [2.75, 3.05) is 5.32 Å². The van der Waals surface area contributed by atoms with Crippen molar-refractivity contribution in [3.05, 3.63) is 98.5 Å². The molecule has 0 aliphatic heterocycles. The summed E-state index contributed by atoms with van der Waals surface area (Å²) in [7, 11) is 0. The zero-order chi connectivity index (χ0) is 21.5. The molecule has 0 unspecified atom stereocenters. The van der Waals surface area contributed by atoms with Crippen LogP contribution >= 0.6 is 15.9 Å². The Hall–Kier alpha value is -3.96. The number of ether oxygens (including phenoxy) is 1. The van der Waals surface area contributed by atoms with Gasteiger partial charge in [-0.15, -0.1) is 0 Å². The van der Waals surface area contributed by atoms with Gasteiger partial charge in [0.1, 0.15) is 23.1 Å². The van der Waals surface area contributed by atoms with Gasteiger partial charge >= 0.3 is 0 Å². The van der Waals surface area contributed by atoms with E-state index in [9.17, 15) is 20.2 Å². The maximum atomic E-state index is 12.5. The molecule has 0 bridgehead atoms. The number of halogens is 1. The van der Waals surface area contributed by atoms with E-state index >= 15 is 0 Å². The number of rotatable bonds is 6. The Labute approximate surface area is 180 Å². The third kappa shape index (κ3) is 5.31. The van der Waals surface area contributed by atoms with Gasteiger partial charge in [0.25, 0.3) is 11.6 Å². The third-order valence-corrected chi connectivity index (χ3v) is 4.58. The number of non-ortho nitro benzene ring substituents is 1. The standard InChI is InChI=1S/C22H14BrN3O4/c23-20-13-17(26(28)29)9-10-21(20)25-22(27)16(14-24)11-15-5-4-8-19(12-15)30-18-6-2-1-3-7-18/h1-13H,(H,25,27)/b16-11-. The SMILES string of the molecule is N#C/C(=C/c1cccc(Oc2ccccc2)c1)C(=O)Nc1ccc([N+](=O)[O-])cc1Br. The Morgan fingerprint density at radius 3 is 2.47 bits per heavy atom. The fourth-order valence-electron chi connectivity index (χ4n) is 2.52. The second-order valence-corrected chi connectivity index (χ2v) is 6.89. The summed E-state index contributed by atoms with van der Waals surface area (Å²) in [6.45, 7) is 0. The molecule has 0 fully saturated rings. The van der Waals surface area contributed by atoms with Crippen molar-refractivity contribution < 1.29 is 14.5 Å². The van der Waals surface area contributed by atoms with Gasteiger partial charge in [-0.1, -0.05) is 30.3 Å². The molecule has 1 amide bonds. The van der Waals surface area contributed by atoms with Crippen LogP contribution in [-0.2, 0) is 4.79 Å². The molecular weight excluding hydrogens is 450 g/mol. The molecular formula is C22H14BrN3O4. The number of hydrogen-bond donors (Lipinski definition) is 1. The number of amides is 1. The first-order valence-electron chi connectivity index (χ1n) is 8.66. The third-order valence-electron chi connectivity index (χ3n) is 3.92. The van der Waals surface area contributed by atoms with Crippen molar-refractivity contribution in [2.24, 2.45) is 0 Å². The second-order valence-electron chi connectivity index (χ2n) is 6.03. The van der Waals surface area contributed by atoms with Crippen LogP contribution in [0.2, 0.25) is 0 Å². The molecule has 148 valence electrons. The summed E-state index contributed by atoms with van der Waals surface area (Å²) in [5.41, 5.74) is 0.675. The summed E-state index contributed by atoms with van der Waals surface area (Å²) >= 11 is 3.18. The van der Waals surface area contributed by atoms with E-state index in [-0.39, 0.29) is 11.3 Å². The predicted octanol–water partition coefficient (Wildman–Crippen LogP) is 5.70. The Balaban J connectivity index is 1.78. The van der Waals surface area contributed by atoms with Crippen molar-refractivity contribution in [3.8, 4) is 17.6 Å². The van der Waals surface area contributed by atoms with Gasteiger partial charge in [-0.2, -0.15) is 5.26 Å². The summed E-state index contributed by atoms with van der Waals surface area (Å²) in [5.74, 6) is 0.590. The van der Waals surface area contributed by atoms with Crippen LogP contribution in [0.1, 0.15) is 5.56 Å². The van der Waals surface area contributed by atoms with Crippen molar-refractivity contribution in [2.45, 2.75) is 0 Å². The first-order chi connectivity index (χ1) is 14.5. The fourth-order valence-corrected chi connectivity index (χ4v) is 2.98. The highest BCUT2D eigenvalue weighted by Gasteiger charge is 2.14. The number of nitro benzene ring substituents is 1. The van der Waals surface area contributed by atoms with Crippen molar-refractivity contribution >= 4 is 39.3 Å². The van der Waals surface area contributed by atoms with Crippen LogP contribution in [0.3, 0.4) is 0 Å². The quantitative estimate of drug-likeness (QED) is 0.218. The molecule has 0 heterocycles. The number of hydrogen-bond acceptors (Lipinski definition) is 5. The zero-order valence-corrected chi connectivity index (χ0v) is 17.0. The summed E-state index contributed by atoms with van der Waals surface area (Å²) < 4.78 is 6.10. The lowest BCUT2D eigenvalue weighted by atomic mass is 10.1. The van der Waals surface area contributed by atoms with Crippen LogP contribution < -0.4 is 10.1 Å². The number of nitrogens with zero attached hydrogens (tertiary/aromatic N) is 2. The number of para-hydroxylation sites is 1. The summed E-state index contributed by atoms with van der Waals surface area (Å²) in [5, 5.41) is 22.8. The molecule has 0 atom stereocenters. The molecule has 7 nitrogen and oxygen atoms in total. The number of benzene rings is 3. The highest BCUT2D eigenvalue weighted by atomic mass is 79.9. The van der Waals surface area contributed by atoms with Crippen LogP contribution in [0.4, 0.5) is 11.4 Å². The van der Waals surface area contributed by atoms with Gasteiger partial charge < -0.3 is 10.1 Å². The highest BCUT2D eigenvalue weighted by Crippen LogP contribution is 2.28. The van der Waals surface area contributed by atoms with E-state index < -0.39 is 10.8 Å². The summed E-state index contributed by atoms with van der Waals surface area (Å²) in [4.78, 5) is 22.8. The van der Waals surface area contributed by atoms with E-state index in [4.69, 9.17) is 4.74 Å². The molecule has 3 rings (SSSR count). The number of carbonyl (C=O) groups excluding carboxylic acids is 1. The van der Waals surface area contributed by atoms with E-state index in [0.29, 0.717) is 27.2 Å². The zero-order valence-electron chi connectivity index (χ0n) is 15.4. The second kappa shape index (κ2) is 9.49. The predicted molar refractivity (Wildman–Crippen MR) is 116 cm³/mol. The molecule has 30 heavy (non-hydrogen) atoms. The molecule has 3 aromatic carbocycles. The van der Waals surface area contributed by atoms with Crippen LogP contribution in [0.5, 0.6) is 11.5 Å². The molecule has 3 aromatic rings. The number of nitro groups is 1. The van der Waals surface area contributed by atoms with Crippen molar-refractivity contribution in [1.82, 2.24) is 0 Å². The number of carbonyl (C=O) groups is 1. The largest absolute Gasteiger partial charge is 0.457 e. The van der Waals surface area contributed by atoms with Gasteiger partial charge in [-0.25, -0.2) is 0 Å². The minimum atomic E-state index is -0.638. The topological polar surface area (TPSA) is 105 Å². The minimum Gasteiger partial charge on any atom is -0.457 e. The summed E-state index contributed by atoms with van der Waals surface area (Å²) in [6, 6.07) is 22.0. The minimum absolute atomic E-state index is 0.119. The molecule has 0 aliphatic carbocycles. The van der Waals surface area contributed by atoms with Gasteiger partial charge in [-0.3, -0.25) is 14.9 Å². The lowest BCUT2D eigenvalue weighted by Crippen LogP contribution is -2.13. The molecule has 0 saturated heterocycles. The Morgan fingerprint density at radius 1 is 1.07 bits per heavy atom. The normalized spacial score (nSPS) is 10.7. The number of anilines is 1. The van der Waals surface area contributed by atoms with Crippen LogP contribution in [-0.4, -0.2) is 10.8 Å². The number of nitriles is 1. The van der Waals surface area contributed by atoms with E-state index in [1.165, 1.54) is 24.3 Å². The Morgan fingerprint density at radius 2 is 1.80 bits per heavy atom. The van der Waals surface area contributed by atoms with E-state index in [2.05, 4.69) is 21.2 Å². The lowest BCUT2D eigenvalue weighted by Gasteiger charge is -2.08. The molecule has 8 heteroatoms. The summed E-state index contributed by atoms with van der Waals surface area (Å²) in [6.07, 6.45) is 1.44. The smallest absolute Gasteiger partial charge is 0.270 e. The van der Waals surface area contributed by atoms with E-state index in [1.54, 1.807) is 24.3 Å². The van der Waals surface area contributed by atoms with Gasteiger partial charge in [-0.05, 0) is 57.9 Å². The van der Waals surface area contributed by atoms with Gasteiger partial charge in [0.05, 0.1) is 10.6 Å². The van der Waals surface area contributed by atoms with Crippen LogP contribution in [0.25, 0.3) is 6.08 Å².